The molecule has 2 amide bonds. The predicted molar refractivity (Wildman–Crippen MR) is 96.2 cm³/mol. The van der Waals surface area contributed by atoms with Crippen molar-refractivity contribution in [2.24, 2.45) is 0 Å². The smallest absolute Gasteiger partial charge is 0.242 e. The van der Waals surface area contributed by atoms with Crippen molar-refractivity contribution in [2.45, 2.75) is 50.5 Å². The lowest BCUT2D eigenvalue weighted by atomic mass is 9.70. The van der Waals surface area contributed by atoms with Gasteiger partial charge >= 0.3 is 0 Å². The third kappa shape index (κ3) is 3.56. The van der Waals surface area contributed by atoms with Gasteiger partial charge in [0.15, 0.2) is 0 Å². The molecule has 3 rings (SSSR count). The zero-order chi connectivity index (χ0) is 18.0. The van der Waals surface area contributed by atoms with E-state index in [0.29, 0.717) is 25.9 Å². The number of fused-ring (bicyclic) bond motifs is 1. The van der Waals surface area contributed by atoms with Crippen molar-refractivity contribution >= 4 is 11.8 Å². The lowest BCUT2D eigenvalue weighted by Crippen LogP contribution is -2.50. The number of likely N-dealkylation sites (N-methyl/N-ethyl adjacent to an activating group) is 1. The van der Waals surface area contributed by atoms with Crippen LogP contribution in [0.1, 0.15) is 43.7 Å². The third-order valence-electron chi connectivity index (χ3n) is 5.74. The summed E-state index contributed by atoms with van der Waals surface area (Å²) in [6.45, 7) is 3.25. The van der Waals surface area contributed by atoms with Crippen LogP contribution in [0.25, 0.3) is 0 Å². The first kappa shape index (κ1) is 17.9. The number of hydrogen-bond acceptors (Lipinski definition) is 3. The van der Waals surface area contributed by atoms with Gasteiger partial charge < -0.3 is 14.9 Å². The first-order valence-electron chi connectivity index (χ1n) is 9.21. The fourth-order valence-corrected chi connectivity index (χ4v) is 4.18. The summed E-state index contributed by atoms with van der Waals surface area (Å²) in [6.07, 6.45) is 3.75. The molecule has 1 aliphatic heterocycles. The molecule has 5 nitrogen and oxygen atoms in total. The molecule has 1 aromatic carbocycles. The number of carbonyl (C=O) groups is 2. The van der Waals surface area contributed by atoms with Crippen molar-refractivity contribution in [3.05, 3.63) is 35.4 Å². The van der Waals surface area contributed by atoms with E-state index in [9.17, 15) is 14.7 Å². The highest BCUT2D eigenvalue weighted by Gasteiger charge is 2.41. The number of benzene rings is 1. The van der Waals surface area contributed by atoms with Crippen LogP contribution in [-0.2, 0) is 21.4 Å². The van der Waals surface area contributed by atoms with Crippen molar-refractivity contribution in [3.63, 3.8) is 0 Å². The number of hydrogen-bond donors (Lipinski definition) is 1. The van der Waals surface area contributed by atoms with Gasteiger partial charge in [0, 0.05) is 20.1 Å². The maximum Gasteiger partial charge on any atom is 0.242 e. The van der Waals surface area contributed by atoms with Gasteiger partial charge in [0.2, 0.25) is 11.8 Å². The van der Waals surface area contributed by atoms with E-state index in [-0.39, 0.29) is 24.5 Å². The predicted octanol–water partition coefficient (Wildman–Crippen LogP) is 1.72. The number of rotatable bonds is 3. The van der Waals surface area contributed by atoms with Crippen LogP contribution in [0.5, 0.6) is 0 Å². The molecule has 1 N–H and O–H groups in total. The van der Waals surface area contributed by atoms with E-state index in [4.69, 9.17) is 0 Å². The van der Waals surface area contributed by atoms with E-state index in [1.165, 1.54) is 5.56 Å². The molecule has 1 fully saturated rings. The Morgan fingerprint density at radius 1 is 1.28 bits per heavy atom. The quantitative estimate of drug-likeness (QED) is 0.908. The number of piperidine rings is 1. The van der Waals surface area contributed by atoms with Crippen molar-refractivity contribution in [3.8, 4) is 0 Å². The van der Waals surface area contributed by atoms with Crippen LogP contribution in [0.4, 0.5) is 0 Å². The molecule has 1 unspecified atom stereocenters. The first-order valence-corrected chi connectivity index (χ1v) is 9.21. The minimum absolute atomic E-state index is 0.0186. The lowest BCUT2D eigenvalue weighted by molar-refractivity contribution is -0.143. The van der Waals surface area contributed by atoms with Gasteiger partial charge in [-0.3, -0.25) is 9.59 Å². The molecule has 0 bridgehead atoms. The summed E-state index contributed by atoms with van der Waals surface area (Å²) in [5.41, 5.74) is 1.79. The molecular weight excluding hydrogens is 316 g/mol. The Balaban J connectivity index is 1.69. The Hall–Kier alpha value is -1.88. The maximum atomic E-state index is 13.2. The van der Waals surface area contributed by atoms with E-state index < -0.39 is 5.41 Å². The molecule has 5 heteroatoms. The standard InChI is InChI=1S/C20H28N2O3/c1-20(11-5-7-15-6-3-4-8-17(15)20)19(25)21(2)14-18(24)22-12-9-16(23)10-13-22/h3-4,6,8,16,23H,5,7,9-14H2,1-2H3. The van der Waals surface area contributed by atoms with Gasteiger partial charge in [0.1, 0.15) is 0 Å². The molecule has 136 valence electrons. The van der Waals surface area contributed by atoms with Crippen molar-refractivity contribution in [1.82, 2.24) is 9.80 Å². The van der Waals surface area contributed by atoms with E-state index in [2.05, 4.69) is 6.07 Å². The normalized spacial score (nSPS) is 23.9. The molecule has 1 aliphatic carbocycles. The van der Waals surface area contributed by atoms with Gasteiger partial charge in [-0.1, -0.05) is 24.3 Å². The van der Waals surface area contributed by atoms with Gasteiger partial charge in [-0.15, -0.1) is 0 Å². The summed E-state index contributed by atoms with van der Waals surface area (Å²) in [6, 6.07) is 8.16. The molecule has 0 aromatic heterocycles. The van der Waals surface area contributed by atoms with E-state index in [0.717, 1.165) is 24.8 Å². The van der Waals surface area contributed by atoms with Crippen molar-refractivity contribution in [2.75, 3.05) is 26.7 Å². The van der Waals surface area contributed by atoms with Crippen LogP contribution in [-0.4, -0.2) is 59.5 Å². The van der Waals surface area contributed by atoms with Crippen LogP contribution in [0.3, 0.4) is 0 Å². The minimum atomic E-state index is -0.554. The largest absolute Gasteiger partial charge is 0.393 e. The summed E-state index contributed by atoms with van der Waals surface area (Å²) < 4.78 is 0. The molecular formula is C20H28N2O3. The number of aliphatic hydroxyl groups excluding tert-OH is 1. The monoisotopic (exact) mass is 344 g/mol. The Labute approximate surface area is 149 Å². The van der Waals surface area contributed by atoms with Crippen LogP contribution < -0.4 is 0 Å². The Bertz CT molecular complexity index is 652. The summed E-state index contributed by atoms with van der Waals surface area (Å²) in [5, 5.41) is 9.57. The van der Waals surface area contributed by atoms with Crippen LogP contribution in [0.2, 0.25) is 0 Å². The molecule has 2 aliphatic rings. The fraction of sp³-hybridized carbons (Fsp3) is 0.600. The highest BCUT2D eigenvalue weighted by atomic mass is 16.3. The maximum absolute atomic E-state index is 13.2. The van der Waals surface area contributed by atoms with Crippen molar-refractivity contribution < 1.29 is 14.7 Å². The average Bonchev–Trinajstić information content (AvgIpc) is 2.62. The molecule has 1 heterocycles. The number of nitrogens with zero attached hydrogens (tertiary/aromatic N) is 2. The Morgan fingerprint density at radius 2 is 1.96 bits per heavy atom. The number of carbonyl (C=O) groups excluding carboxylic acids is 2. The molecule has 0 radical (unpaired) electrons. The third-order valence-corrected chi connectivity index (χ3v) is 5.74. The summed E-state index contributed by atoms with van der Waals surface area (Å²) in [4.78, 5) is 29.0. The second-order valence-electron chi connectivity index (χ2n) is 7.62. The number of aryl methyl sites for hydroxylation is 1. The second-order valence-corrected chi connectivity index (χ2v) is 7.62. The van der Waals surface area contributed by atoms with Gasteiger partial charge in [-0.2, -0.15) is 0 Å². The summed E-state index contributed by atoms with van der Waals surface area (Å²) in [7, 11) is 1.72. The molecule has 25 heavy (non-hydrogen) atoms. The zero-order valence-electron chi connectivity index (χ0n) is 15.2. The first-order chi connectivity index (χ1) is 11.9. The zero-order valence-corrected chi connectivity index (χ0v) is 15.2. The van der Waals surface area contributed by atoms with Gasteiger partial charge in [-0.25, -0.2) is 0 Å². The topological polar surface area (TPSA) is 60.9 Å². The van der Waals surface area contributed by atoms with Gasteiger partial charge in [0.25, 0.3) is 0 Å². The molecule has 1 aromatic rings. The van der Waals surface area contributed by atoms with E-state index >= 15 is 0 Å². The van der Waals surface area contributed by atoms with Crippen LogP contribution in [0, 0.1) is 0 Å². The molecule has 1 atom stereocenters. The van der Waals surface area contributed by atoms with Crippen LogP contribution >= 0.6 is 0 Å². The highest BCUT2D eigenvalue weighted by Crippen LogP contribution is 2.38. The SMILES string of the molecule is CN(CC(=O)N1CCC(O)CC1)C(=O)C1(C)CCCc2ccccc21. The molecule has 0 saturated carbocycles. The molecule has 0 spiro atoms. The number of aliphatic hydroxyl groups is 1. The van der Waals surface area contributed by atoms with Crippen molar-refractivity contribution in [1.29, 1.82) is 0 Å². The van der Waals surface area contributed by atoms with E-state index in [1.54, 1.807) is 16.8 Å². The Morgan fingerprint density at radius 3 is 2.68 bits per heavy atom. The van der Waals surface area contributed by atoms with E-state index in [1.807, 2.05) is 25.1 Å². The number of likely N-dealkylation sites (tertiary alicyclic amines) is 1. The average molecular weight is 344 g/mol. The minimum Gasteiger partial charge on any atom is -0.393 e. The lowest BCUT2D eigenvalue weighted by Gasteiger charge is -2.38. The van der Waals surface area contributed by atoms with Gasteiger partial charge in [0.05, 0.1) is 18.1 Å². The second kappa shape index (κ2) is 7.16. The number of amides is 2. The fourth-order valence-electron chi connectivity index (χ4n) is 4.18. The van der Waals surface area contributed by atoms with Gasteiger partial charge in [-0.05, 0) is 50.2 Å². The summed E-state index contributed by atoms with van der Waals surface area (Å²) >= 11 is 0. The Kier molecular flexibility index (Phi) is 5.13. The van der Waals surface area contributed by atoms with Crippen LogP contribution in [0.15, 0.2) is 24.3 Å². The highest BCUT2D eigenvalue weighted by molar-refractivity contribution is 5.91. The summed E-state index contributed by atoms with van der Waals surface area (Å²) in [5.74, 6) is -0.0134. The molecule has 1 saturated heterocycles.